The molecule has 0 aromatic rings. The van der Waals surface area contributed by atoms with E-state index in [4.69, 9.17) is 0 Å². The zero-order chi connectivity index (χ0) is 14.0. The van der Waals surface area contributed by atoms with Gasteiger partial charge in [0.1, 0.15) is 0 Å². The Morgan fingerprint density at radius 1 is 1.11 bits per heavy atom. The molecule has 2 aliphatic carbocycles. The van der Waals surface area contributed by atoms with Crippen LogP contribution in [0, 0.1) is 23.7 Å². The van der Waals surface area contributed by atoms with E-state index < -0.39 is 0 Å². The fourth-order valence-corrected chi connectivity index (χ4v) is 3.55. The van der Waals surface area contributed by atoms with Crippen LogP contribution in [0.4, 0.5) is 0 Å². The molecule has 4 heteroatoms. The van der Waals surface area contributed by atoms with Crippen molar-refractivity contribution >= 4 is 11.8 Å². The van der Waals surface area contributed by atoms with Gasteiger partial charge in [-0.2, -0.15) is 0 Å². The maximum absolute atomic E-state index is 12.6. The summed E-state index contributed by atoms with van der Waals surface area (Å²) in [6, 6.07) is 0. The lowest BCUT2D eigenvalue weighted by Crippen LogP contribution is -2.45. The fraction of sp³-hybridized carbons (Fsp3) is 0.733. The van der Waals surface area contributed by atoms with E-state index in [-0.39, 0.29) is 35.5 Å². The van der Waals surface area contributed by atoms with Gasteiger partial charge in [-0.05, 0) is 39.0 Å². The normalized spacial score (nSPS) is 31.5. The Morgan fingerprint density at radius 3 is 2.21 bits per heavy atom. The van der Waals surface area contributed by atoms with Gasteiger partial charge in [0.15, 0.2) is 0 Å². The number of allylic oxidation sites excluding steroid dienone is 2. The largest absolute Gasteiger partial charge is 0.356 e. The second-order valence-corrected chi connectivity index (χ2v) is 5.40. The van der Waals surface area contributed by atoms with Gasteiger partial charge in [-0.1, -0.05) is 12.2 Å². The Hall–Kier alpha value is -1.32. The van der Waals surface area contributed by atoms with Gasteiger partial charge in [0.2, 0.25) is 11.8 Å². The van der Waals surface area contributed by atoms with Gasteiger partial charge in [-0.15, -0.1) is 0 Å². The lowest BCUT2D eigenvalue weighted by molar-refractivity contribution is -0.142. The summed E-state index contributed by atoms with van der Waals surface area (Å²) < 4.78 is 0. The third-order valence-corrected chi connectivity index (χ3v) is 4.47. The molecule has 4 atom stereocenters. The average molecular weight is 264 g/mol. The van der Waals surface area contributed by atoms with Crippen molar-refractivity contribution in [3.63, 3.8) is 0 Å². The van der Waals surface area contributed by atoms with Crippen molar-refractivity contribution in [2.75, 3.05) is 19.6 Å². The molecule has 0 aromatic carbocycles. The number of hydrogen-bond donors (Lipinski definition) is 1. The van der Waals surface area contributed by atoms with E-state index in [0.29, 0.717) is 6.54 Å². The molecule has 0 saturated heterocycles. The number of amides is 2. The van der Waals surface area contributed by atoms with Crippen LogP contribution >= 0.6 is 0 Å². The van der Waals surface area contributed by atoms with Crippen molar-refractivity contribution in [2.45, 2.75) is 27.2 Å². The molecule has 2 bridgehead atoms. The summed E-state index contributed by atoms with van der Waals surface area (Å²) in [5.74, 6) is 0.388. The first-order chi connectivity index (χ1) is 9.13. The number of carbonyl (C=O) groups excluding carboxylic acids is 2. The Labute approximate surface area is 115 Å². The smallest absolute Gasteiger partial charge is 0.227 e. The quantitative estimate of drug-likeness (QED) is 0.764. The van der Waals surface area contributed by atoms with Gasteiger partial charge in [-0.25, -0.2) is 0 Å². The van der Waals surface area contributed by atoms with Crippen LogP contribution in [0.1, 0.15) is 27.2 Å². The molecule has 2 aliphatic rings. The summed E-state index contributed by atoms with van der Waals surface area (Å²) in [7, 11) is 0. The molecular formula is C15H24N2O2. The van der Waals surface area contributed by atoms with Crippen LogP contribution in [-0.2, 0) is 9.59 Å². The van der Waals surface area contributed by atoms with Crippen LogP contribution in [0.2, 0.25) is 0 Å². The summed E-state index contributed by atoms with van der Waals surface area (Å²) in [5.41, 5.74) is 0. The molecule has 0 aliphatic heterocycles. The summed E-state index contributed by atoms with van der Waals surface area (Å²) in [6.07, 6.45) is 5.21. The topological polar surface area (TPSA) is 49.4 Å². The monoisotopic (exact) mass is 264 g/mol. The Bertz CT molecular complexity index is 388. The molecule has 1 fully saturated rings. The second-order valence-electron chi connectivity index (χ2n) is 5.40. The first-order valence-corrected chi connectivity index (χ1v) is 7.38. The Morgan fingerprint density at radius 2 is 1.68 bits per heavy atom. The van der Waals surface area contributed by atoms with E-state index in [0.717, 1.165) is 19.5 Å². The van der Waals surface area contributed by atoms with E-state index in [1.807, 2.05) is 25.7 Å². The maximum Gasteiger partial charge on any atom is 0.227 e. The fourth-order valence-electron chi connectivity index (χ4n) is 3.55. The summed E-state index contributed by atoms with van der Waals surface area (Å²) >= 11 is 0. The molecule has 1 saturated carbocycles. The number of carbonyl (C=O) groups is 2. The number of nitrogens with zero attached hydrogens (tertiary/aromatic N) is 1. The molecule has 4 nitrogen and oxygen atoms in total. The van der Waals surface area contributed by atoms with Crippen LogP contribution < -0.4 is 5.32 Å². The first kappa shape index (κ1) is 14.1. The Balaban J connectivity index is 2.19. The predicted molar refractivity (Wildman–Crippen MR) is 74.3 cm³/mol. The number of hydrogen-bond acceptors (Lipinski definition) is 2. The summed E-state index contributed by atoms with van der Waals surface area (Å²) in [6.45, 7) is 7.96. The van der Waals surface area contributed by atoms with E-state index >= 15 is 0 Å². The molecule has 2 rings (SSSR count). The highest BCUT2D eigenvalue weighted by Gasteiger charge is 2.51. The van der Waals surface area contributed by atoms with E-state index in [1.165, 1.54) is 0 Å². The third kappa shape index (κ3) is 2.40. The van der Waals surface area contributed by atoms with Gasteiger partial charge in [-0.3, -0.25) is 9.59 Å². The molecule has 0 spiro atoms. The highest BCUT2D eigenvalue weighted by atomic mass is 16.2. The highest BCUT2D eigenvalue weighted by Crippen LogP contribution is 2.48. The lowest BCUT2D eigenvalue weighted by atomic mass is 9.81. The van der Waals surface area contributed by atoms with E-state index in [1.54, 1.807) is 0 Å². The van der Waals surface area contributed by atoms with Crippen LogP contribution in [0.25, 0.3) is 0 Å². The number of nitrogens with one attached hydrogen (secondary N) is 1. The van der Waals surface area contributed by atoms with Crippen molar-refractivity contribution in [2.24, 2.45) is 23.7 Å². The van der Waals surface area contributed by atoms with Crippen LogP contribution in [0.15, 0.2) is 12.2 Å². The third-order valence-electron chi connectivity index (χ3n) is 4.47. The molecule has 2 unspecified atom stereocenters. The van der Waals surface area contributed by atoms with Crippen LogP contribution in [-0.4, -0.2) is 36.3 Å². The van der Waals surface area contributed by atoms with E-state index in [9.17, 15) is 9.59 Å². The van der Waals surface area contributed by atoms with Gasteiger partial charge in [0.05, 0.1) is 11.8 Å². The molecule has 1 N–H and O–H groups in total. The zero-order valence-electron chi connectivity index (χ0n) is 12.1. The molecule has 2 amide bonds. The van der Waals surface area contributed by atoms with Gasteiger partial charge in [0.25, 0.3) is 0 Å². The molecular weight excluding hydrogens is 240 g/mol. The van der Waals surface area contributed by atoms with Gasteiger partial charge >= 0.3 is 0 Å². The van der Waals surface area contributed by atoms with Crippen molar-refractivity contribution in [1.29, 1.82) is 0 Å². The van der Waals surface area contributed by atoms with E-state index in [2.05, 4.69) is 17.5 Å². The van der Waals surface area contributed by atoms with Crippen molar-refractivity contribution < 1.29 is 9.59 Å². The highest BCUT2D eigenvalue weighted by molar-refractivity contribution is 5.89. The van der Waals surface area contributed by atoms with Gasteiger partial charge < -0.3 is 10.2 Å². The molecule has 0 heterocycles. The van der Waals surface area contributed by atoms with Crippen molar-refractivity contribution in [3.8, 4) is 0 Å². The van der Waals surface area contributed by atoms with Crippen LogP contribution in [0.3, 0.4) is 0 Å². The lowest BCUT2D eigenvalue weighted by Gasteiger charge is -2.30. The maximum atomic E-state index is 12.6. The second kappa shape index (κ2) is 5.76. The predicted octanol–water partition coefficient (Wildman–Crippen LogP) is 1.43. The SMILES string of the molecule is CCNC(=O)[C@@H]1C2C=CC(C2)[C@H]1C(=O)N(CC)CC. The average Bonchev–Trinajstić information content (AvgIpc) is 3.00. The Kier molecular flexibility index (Phi) is 4.27. The molecule has 19 heavy (non-hydrogen) atoms. The first-order valence-electron chi connectivity index (χ1n) is 7.38. The standard InChI is InChI=1S/C15H24N2O2/c1-4-16-14(18)12-10-7-8-11(9-10)13(12)15(19)17(5-2)6-3/h7-8,10-13H,4-6,9H2,1-3H3,(H,16,18)/t10?,11?,12-,13-/m1/s1. The molecule has 0 aromatic heterocycles. The summed E-state index contributed by atoms with van der Waals surface area (Å²) in [4.78, 5) is 26.7. The van der Waals surface area contributed by atoms with Gasteiger partial charge in [0, 0.05) is 19.6 Å². The number of rotatable bonds is 5. The summed E-state index contributed by atoms with van der Waals surface area (Å²) in [5, 5.41) is 2.89. The van der Waals surface area contributed by atoms with Crippen molar-refractivity contribution in [3.05, 3.63) is 12.2 Å². The zero-order valence-corrected chi connectivity index (χ0v) is 12.1. The van der Waals surface area contributed by atoms with Crippen LogP contribution in [0.5, 0.6) is 0 Å². The minimum Gasteiger partial charge on any atom is -0.356 e. The molecule has 106 valence electrons. The minimum absolute atomic E-state index is 0.0462. The van der Waals surface area contributed by atoms with Crippen molar-refractivity contribution in [1.82, 2.24) is 10.2 Å². The molecule has 0 radical (unpaired) electrons. The minimum atomic E-state index is -0.164. The number of fused-ring (bicyclic) bond motifs is 2.